The van der Waals surface area contributed by atoms with Crippen LogP contribution in [-0.2, 0) is 6.18 Å². The molecule has 0 saturated carbocycles. The summed E-state index contributed by atoms with van der Waals surface area (Å²) in [6.07, 6.45) is -1.24. The highest BCUT2D eigenvalue weighted by Gasteiger charge is 2.29. The number of hydrogen-bond acceptors (Lipinski definition) is 3. The standard InChI is InChI=1S/C11H7BrF3N3/c12-8-5-16-10(17-6-8)18-9-3-1-7(2-4-9)11(13,14)15/h1-6H,(H,16,17,18). The second-order valence-electron chi connectivity index (χ2n) is 3.42. The van der Waals surface area contributed by atoms with Gasteiger partial charge < -0.3 is 5.32 Å². The maximum atomic E-state index is 12.3. The molecule has 3 nitrogen and oxygen atoms in total. The number of anilines is 2. The van der Waals surface area contributed by atoms with Gasteiger partial charge in [-0.1, -0.05) is 0 Å². The molecule has 0 aliphatic rings. The summed E-state index contributed by atoms with van der Waals surface area (Å²) in [6, 6.07) is 4.66. The minimum absolute atomic E-state index is 0.318. The summed E-state index contributed by atoms with van der Waals surface area (Å²) in [5.74, 6) is 0.318. The first-order valence-corrected chi connectivity index (χ1v) is 5.66. The highest BCUT2D eigenvalue weighted by Crippen LogP contribution is 2.30. The Bertz CT molecular complexity index is 523. The normalized spacial score (nSPS) is 11.3. The fourth-order valence-corrected chi connectivity index (χ4v) is 1.45. The number of nitrogens with zero attached hydrogens (tertiary/aromatic N) is 2. The summed E-state index contributed by atoms with van der Waals surface area (Å²) < 4.78 is 37.7. The van der Waals surface area contributed by atoms with Gasteiger partial charge in [-0.3, -0.25) is 0 Å². The van der Waals surface area contributed by atoms with Crippen molar-refractivity contribution in [2.45, 2.75) is 6.18 Å². The van der Waals surface area contributed by atoms with Crippen molar-refractivity contribution in [2.24, 2.45) is 0 Å². The number of rotatable bonds is 2. The maximum absolute atomic E-state index is 12.3. The van der Waals surface area contributed by atoms with Crippen LogP contribution in [0.15, 0.2) is 41.1 Å². The average molecular weight is 318 g/mol. The number of alkyl halides is 3. The van der Waals surface area contributed by atoms with E-state index >= 15 is 0 Å². The van der Waals surface area contributed by atoms with Crippen LogP contribution in [-0.4, -0.2) is 9.97 Å². The lowest BCUT2D eigenvalue weighted by molar-refractivity contribution is -0.137. The van der Waals surface area contributed by atoms with E-state index in [4.69, 9.17) is 0 Å². The van der Waals surface area contributed by atoms with Crippen molar-refractivity contribution in [3.8, 4) is 0 Å². The summed E-state index contributed by atoms with van der Waals surface area (Å²) >= 11 is 3.18. The summed E-state index contributed by atoms with van der Waals surface area (Å²) in [5, 5.41) is 2.80. The van der Waals surface area contributed by atoms with Gasteiger partial charge in [0.05, 0.1) is 10.0 Å². The summed E-state index contributed by atoms with van der Waals surface area (Å²) in [7, 11) is 0. The largest absolute Gasteiger partial charge is 0.416 e. The van der Waals surface area contributed by atoms with Crippen molar-refractivity contribution in [1.82, 2.24) is 9.97 Å². The fraction of sp³-hybridized carbons (Fsp3) is 0.0909. The maximum Gasteiger partial charge on any atom is 0.416 e. The Morgan fingerprint density at radius 1 is 1.00 bits per heavy atom. The molecule has 0 spiro atoms. The first kappa shape index (κ1) is 12.8. The van der Waals surface area contributed by atoms with E-state index in [1.54, 1.807) is 12.4 Å². The fourth-order valence-electron chi connectivity index (χ4n) is 1.25. The molecular formula is C11H7BrF3N3. The molecule has 2 rings (SSSR count). The Balaban J connectivity index is 2.13. The van der Waals surface area contributed by atoms with E-state index in [0.29, 0.717) is 11.6 Å². The van der Waals surface area contributed by atoms with E-state index in [0.717, 1.165) is 16.6 Å². The molecule has 94 valence electrons. The minimum Gasteiger partial charge on any atom is -0.324 e. The molecule has 1 N–H and O–H groups in total. The van der Waals surface area contributed by atoms with Crippen molar-refractivity contribution in [3.05, 3.63) is 46.7 Å². The predicted molar refractivity (Wildman–Crippen MR) is 64.5 cm³/mol. The first-order chi connectivity index (χ1) is 8.45. The zero-order chi connectivity index (χ0) is 13.2. The van der Waals surface area contributed by atoms with Crippen LogP contribution in [0.2, 0.25) is 0 Å². The molecule has 0 amide bonds. The van der Waals surface area contributed by atoms with E-state index in [-0.39, 0.29) is 0 Å². The highest BCUT2D eigenvalue weighted by atomic mass is 79.9. The lowest BCUT2D eigenvalue weighted by atomic mass is 10.2. The Kier molecular flexibility index (Phi) is 3.51. The van der Waals surface area contributed by atoms with Gasteiger partial charge in [0.25, 0.3) is 0 Å². The molecule has 0 atom stereocenters. The highest BCUT2D eigenvalue weighted by molar-refractivity contribution is 9.10. The number of aromatic nitrogens is 2. The van der Waals surface area contributed by atoms with Gasteiger partial charge in [0.15, 0.2) is 0 Å². The van der Waals surface area contributed by atoms with Crippen LogP contribution in [0.3, 0.4) is 0 Å². The third-order valence-corrected chi connectivity index (χ3v) is 2.50. The van der Waals surface area contributed by atoms with Crippen molar-refractivity contribution >= 4 is 27.6 Å². The molecular weight excluding hydrogens is 311 g/mol. The van der Waals surface area contributed by atoms with Gasteiger partial charge in [-0.05, 0) is 40.2 Å². The molecule has 0 radical (unpaired) electrons. The second-order valence-corrected chi connectivity index (χ2v) is 4.34. The third-order valence-electron chi connectivity index (χ3n) is 2.09. The van der Waals surface area contributed by atoms with Crippen molar-refractivity contribution < 1.29 is 13.2 Å². The van der Waals surface area contributed by atoms with Gasteiger partial charge in [0.1, 0.15) is 0 Å². The molecule has 1 aromatic heterocycles. The summed E-state index contributed by atoms with van der Waals surface area (Å²) in [6.45, 7) is 0. The van der Waals surface area contributed by atoms with E-state index in [1.807, 2.05) is 0 Å². The lowest BCUT2D eigenvalue weighted by Crippen LogP contribution is -2.04. The van der Waals surface area contributed by atoms with Crippen LogP contribution in [0.25, 0.3) is 0 Å². The summed E-state index contributed by atoms with van der Waals surface area (Å²) in [4.78, 5) is 7.91. The second kappa shape index (κ2) is 4.93. The number of benzene rings is 1. The molecule has 0 aliphatic carbocycles. The molecule has 0 saturated heterocycles. The molecule has 7 heteroatoms. The Hall–Kier alpha value is -1.63. The average Bonchev–Trinajstić information content (AvgIpc) is 2.32. The topological polar surface area (TPSA) is 37.8 Å². The molecule has 0 bridgehead atoms. The molecule has 2 aromatic rings. The molecule has 0 unspecified atom stereocenters. The Morgan fingerprint density at radius 2 is 1.56 bits per heavy atom. The van der Waals surface area contributed by atoms with Crippen molar-refractivity contribution in [2.75, 3.05) is 5.32 Å². The predicted octanol–water partition coefficient (Wildman–Crippen LogP) is 4.00. The smallest absolute Gasteiger partial charge is 0.324 e. The van der Waals surface area contributed by atoms with Gasteiger partial charge in [0, 0.05) is 18.1 Å². The van der Waals surface area contributed by atoms with Gasteiger partial charge in [0.2, 0.25) is 5.95 Å². The van der Waals surface area contributed by atoms with Gasteiger partial charge >= 0.3 is 6.18 Å². The van der Waals surface area contributed by atoms with Crippen LogP contribution >= 0.6 is 15.9 Å². The number of halogens is 4. The van der Waals surface area contributed by atoms with Crippen molar-refractivity contribution in [3.63, 3.8) is 0 Å². The third kappa shape index (κ3) is 3.19. The van der Waals surface area contributed by atoms with E-state index < -0.39 is 11.7 Å². The SMILES string of the molecule is FC(F)(F)c1ccc(Nc2ncc(Br)cn2)cc1. The molecule has 0 aliphatic heterocycles. The van der Waals surface area contributed by atoms with E-state index in [2.05, 4.69) is 31.2 Å². The van der Waals surface area contributed by atoms with E-state index in [9.17, 15) is 13.2 Å². The van der Waals surface area contributed by atoms with Gasteiger partial charge in [-0.25, -0.2) is 9.97 Å². The zero-order valence-corrected chi connectivity index (χ0v) is 10.5. The van der Waals surface area contributed by atoms with Crippen molar-refractivity contribution in [1.29, 1.82) is 0 Å². The first-order valence-electron chi connectivity index (χ1n) is 4.87. The van der Waals surface area contributed by atoms with Crippen LogP contribution in [0.4, 0.5) is 24.8 Å². The number of nitrogens with one attached hydrogen (secondary N) is 1. The lowest BCUT2D eigenvalue weighted by Gasteiger charge is -2.08. The van der Waals surface area contributed by atoms with Gasteiger partial charge in [-0.15, -0.1) is 0 Å². The monoisotopic (exact) mass is 317 g/mol. The molecule has 1 aromatic carbocycles. The quantitative estimate of drug-likeness (QED) is 0.909. The van der Waals surface area contributed by atoms with Crippen LogP contribution in [0, 0.1) is 0 Å². The van der Waals surface area contributed by atoms with Gasteiger partial charge in [-0.2, -0.15) is 13.2 Å². The molecule has 18 heavy (non-hydrogen) atoms. The van der Waals surface area contributed by atoms with Crippen LogP contribution in [0.1, 0.15) is 5.56 Å². The molecule has 0 fully saturated rings. The summed E-state index contributed by atoms with van der Waals surface area (Å²) in [5.41, 5.74) is -0.199. The number of hydrogen-bond donors (Lipinski definition) is 1. The zero-order valence-electron chi connectivity index (χ0n) is 8.87. The molecule has 1 heterocycles. The Labute approximate surface area is 109 Å². The van der Waals surface area contributed by atoms with E-state index in [1.165, 1.54) is 12.1 Å². The Morgan fingerprint density at radius 3 is 2.06 bits per heavy atom. The van der Waals surface area contributed by atoms with Crippen LogP contribution in [0.5, 0.6) is 0 Å². The minimum atomic E-state index is -4.33. The van der Waals surface area contributed by atoms with Crippen LogP contribution < -0.4 is 5.32 Å².